The van der Waals surface area contributed by atoms with Gasteiger partial charge in [-0.05, 0) is 53.6 Å². The molecule has 0 aliphatic heterocycles. The average molecular weight is 761 g/mol. The molecule has 0 fully saturated rings. The number of ketones is 1. The fourth-order valence-corrected chi connectivity index (χ4v) is 5.11. The lowest BCUT2D eigenvalue weighted by Gasteiger charge is -2.12. The zero-order valence-corrected chi connectivity index (χ0v) is 27.2. The molecular weight excluding hydrogens is 739 g/mol. The van der Waals surface area contributed by atoms with Crippen LogP contribution in [0.5, 0.6) is 0 Å². The Hall–Kier alpha value is -4.09. The van der Waals surface area contributed by atoms with Crippen molar-refractivity contribution in [3.63, 3.8) is 0 Å². The van der Waals surface area contributed by atoms with Crippen LogP contribution in [-0.2, 0) is 9.59 Å². The molecule has 0 spiro atoms. The summed E-state index contributed by atoms with van der Waals surface area (Å²) < 4.78 is 1.74. The zero-order chi connectivity index (χ0) is 32.4. The molecule has 5 rings (SSSR count). The summed E-state index contributed by atoms with van der Waals surface area (Å²) in [6.45, 7) is 0. The van der Waals surface area contributed by atoms with Crippen molar-refractivity contribution in [1.29, 1.82) is 0 Å². The van der Waals surface area contributed by atoms with Gasteiger partial charge in [0.2, 0.25) is 0 Å². The van der Waals surface area contributed by atoms with E-state index in [9.17, 15) is 19.2 Å². The van der Waals surface area contributed by atoms with E-state index in [0.717, 1.165) is 19.9 Å². The SMILES string of the molecule is Nc1ccc(Br)cc1C(=O)c1ccccc1.O=C(Cl)c1c(Cl)nc2ccc(Br)cc2c1-c1ccccc1.O=C(O)CC(=O)O. The van der Waals surface area contributed by atoms with Gasteiger partial charge in [-0.2, -0.15) is 0 Å². The van der Waals surface area contributed by atoms with Gasteiger partial charge < -0.3 is 15.9 Å². The average Bonchev–Trinajstić information content (AvgIpc) is 2.98. The molecule has 12 heteroatoms. The highest BCUT2D eigenvalue weighted by atomic mass is 79.9. The number of aliphatic carboxylic acids is 2. The van der Waals surface area contributed by atoms with Crippen LogP contribution in [0.4, 0.5) is 5.69 Å². The van der Waals surface area contributed by atoms with Crippen LogP contribution < -0.4 is 5.73 Å². The van der Waals surface area contributed by atoms with Gasteiger partial charge in [0, 0.05) is 36.7 Å². The molecule has 1 aromatic heterocycles. The van der Waals surface area contributed by atoms with E-state index in [-0.39, 0.29) is 16.5 Å². The Morgan fingerprint density at radius 1 is 0.773 bits per heavy atom. The molecule has 0 unspecified atom stereocenters. The first-order valence-corrected chi connectivity index (χ1v) is 14.9. The Bertz CT molecular complexity index is 1830. The number of nitrogen functional groups attached to an aromatic ring is 1. The summed E-state index contributed by atoms with van der Waals surface area (Å²) in [4.78, 5) is 47.1. The van der Waals surface area contributed by atoms with E-state index < -0.39 is 23.6 Å². The minimum atomic E-state index is -1.31. The van der Waals surface area contributed by atoms with Crippen LogP contribution in [0, 0.1) is 0 Å². The maximum Gasteiger partial charge on any atom is 0.314 e. The van der Waals surface area contributed by atoms with Crippen molar-refractivity contribution in [2.75, 3.05) is 5.73 Å². The molecule has 224 valence electrons. The summed E-state index contributed by atoms with van der Waals surface area (Å²) in [6, 6.07) is 29.5. The van der Waals surface area contributed by atoms with Gasteiger partial charge in [0.1, 0.15) is 11.6 Å². The summed E-state index contributed by atoms with van der Waals surface area (Å²) in [5.41, 5.74) is 9.97. The smallest absolute Gasteiger partial charge is 0.314 e. The fourth-order valence-electron chi connectivity index (χ4n) is 3.89. The van der Waals surface area contributed by atoms with E-state index in [0.29, 0.717) is 27.9 Å². The number of carbonyl (C=O) groups is 4. The maximum absolute atomic E-state index is 12.1. The highest BCUT2D eigenvalue weighted by Crippen LogP contribution is 2.37. The molecule has 0 radical (unpaired) electrons. The number of benzene rings is 4. The van der Waals surface area contributed by atoms with E-state index in [1.165, 1.54) is 0 Å². The van der Waals surface area contributed by atoms with E-state index in [1.54, 1.807) is 24.3 Å². The number of hydrogen-bond donors (Lipinski definition) is 3. The number of fused-ring (bicyclic) bond motifs is 1. The second-order valence-electron chi connectivity index (χ2n) is 8.84. The molecule has 0 bridgehead atoms. The van der Waals surface area contributed by atoms with Crippen LogP contribution >= 0.6 is 55.1 Å². The molecule has 5 aromatic rings. The minimum absolute atomic E-state index is 0.0561. The minimum Gasteiger partial charge on any atom is -0.481 e. The lowest BCUT2D eigenvalue weighted by atomic mass is 9.97. The lowest BCUT2D eigenvalue weighted by Crippen LogP contribution is -2.05. The monoisotopic (exact) mass is 758 g/mol. The first kappa shape index (κ1) is 34.4. The number of nitrogens with zero attached hydrogens (tertiary/aromatic N) is 1. The predicted molar refractivity (Wildman–Crippen MR) is 178 cm³/mol. The molecule has 0 saturated heterocycles. The number of aromatic nitrogens is 1. The Balaban J connectivity index is 0.000000203. The number of carboxylic acids is 2. The lowest BCUT2D eigenvalue weighted by molar-refractivity contribution is -0.147. The van der Waals surface area contributed by atoms with Crippen LogP contribution in [0.3, 0.4) is 0 Å². The van der Waals surface area contributed by atoms with E-state index in [2.05, 4.69) is 36.8 Å². The van der Waals surface area contributed by atoms with Gasteiger partial charge in [-0.15, -0.1) is 0 Å². The standard InChI is InChI=1S/C16H8BrCl2NO.C13H10BrNO.C3H4O4/c17-10-6-7-12-11(8-10)13(9-4-2-1-3-5-9)14(16(19)21)15(18)20-12;14-10-6-7-12(15)11(8-10)13(16)9-4-2-1-3-5-9;4-2(5)1-3(6)7/h1-8H;1-8H,15H2;1H2,(H,4,5)(H,6,7). The number of carboxylic acid groups (broad SMARTS) is 2. The number of rotatable bonds is 6. The van der Waals surface area contributed by atoms with Gasteiger partial charge in [0.15, 0.2) is 5.78 Å². The van der Waals surface area contributed by atoms with E-state index in [1.807, 2.05) is 72.8 Å². The molecule has 44 heavy (non-hydrogen) atoms. The first-order valence-electron chi connectivity index (χ1n) is 12.5. The third-order valence-corrected chi connectivity index (χ3v) is 7.21. The molecule has 8 nitrogen and oxygen atoms in total. The normalized spacial score (nSPS) is 10.1. The zero-order valence-electron chi connectivity index (χ0n) is 22.5. The molecule has 0 saturated carbocycles. The molecule has 0 aliphatic carbocycles. The van der Waals surface area contributed by atoms with Crippen molar-refractivity contribution in [3.8, 4) is 11.1 Å². The van der Waals surface area contributed by atoms with Crippen LogP contribution in [0.25, 0.3) is 22.0 Å². The largest absolute Gasteiger partial charge is 0.481 e. The van der Waals surface area contributed by atoms with Crippen LogP contribution in [0.15, 0.2) is 106 Å². The topological polar surface area (TPSA) is 148 Å². The van der Waals surface area contributed by atoms with Crippen molar-refractivity contribution >= 4 is 94.6 Å². The highest BCUT2D eigenvalue weighted by Gasteiger charge is 2.20. The van der Waals surface area contributed by atoms with Crippen molar-refractivity contribution < 1.29 is 29.4 Å². The first-order chi connectivity index (χ1) is 20.9. The van der Waals surface area contributed by atoms with Gasteiger partial charge in [0.25, 0.3) is 5.24 Å². The number of nitrogens with two attached hydrogens (primary N) is 1. The highest BCUT2D eigenvalue weighted by molar-refractivity contribution is 9.10. The van der Waals surface area contributed by atoms with Gasteiger partial charge >= 0.3 is 11.9 Å². The Morgan fingerprint density at radius 3 is 1.86 bits per heavy atom. The summed E-state index contributed by atoms with van der Waals surface area (Å²) in [7, 11) is 0. The molecule has 0 aliphatic rings. The molecule has 0 atom stereocenters. The summed E-state index contributed by atoms with van der Waals surface area (Å²) in [5, 5.41) is 15.7. The molecule has 4 N–H and O–H groups in total. The quantitative estimate of drug-likeness (QED) is 0.0513. The molecule has 0 amide bonds. The van der Waals surface area contributed by atoms with Crippen LogP contribution in [-0.4, -0.2) is 38.2 Å². The van der Waals surface area contributed by atoms with Crippen molar-refractivity contribution in [2.24, 2.45) is 0 Å². The fraction of sp³-hybridized carbons (Fsp3) is 0.0312. The van der Waals surface area contributed by atoms with Crippen molar-refractivity contribution in [3.05, 3.63) is 128 Å². The summed E-state index contributed by atoms with van der Waals surface area (Å²) in [5.74, 6) is -2.68. The van der Waals surface area contributed by atoms with Crippen molar-refractivity contribution in [2.45, 2.75) is 6.42 Å². The van der Waals surface area contributed by atoms with Crippen molar-refractivity contribution in [1.82, 2.24) is 4.98 Å². The molecular formula is C32H22Br2Cl2N2O6. The second kappa shape index (κ2) is 16.1. The Kier molecular flexibility index (Phi) is 12.6. The Labute approximate surface area is 278 Å². The van der Waals surface area contributed by atoms with E-state index in [4.69, 9.17) is 39.1 Å². The summed E-state index contributed by atoms with van der Waals surface area (Å²) >= 11 is 18.7. The third kappa shape index (κ3) is 9.45. The van der Waals surface area contributed by atoms with Gasteiger partial charge in [-0.25, -0.2) is 4.98 Å². The van der Waals surface area contributed by atoms with Gasteiger partial charge in [-0.1, -0.05) is 104 Å². The number of carbonyl (C=O) groups excluding carboxylic acids is 2. The number of pyridine rings is 1. The number of halogens is 4. The Morgan fingerprint density at radius 2 is 1.32 bits per heavy atom. The van der Waals surface area contributed by atoms with E-state index >= 15 is 0 Å². The molecule has 4 aromatic carbocycles. The molecule has 1 heterocycles. The third-order valence-electron chi connectivity index (χ3n) is 5.76. The maximum atomic E-state index is 12.1. The predicted octanol–water partition coefficient (Wildman–Crippen LogP) is 8.50. The van der Waals surface area contributed by atoms with Crippen LogP contribution in [0.1, 0.15) is 32.7 Å². The summed E-state index contributed by atoms with van der Waals surface area (Å²) in [6.07, 6.45) is -0.806. The second-order valence-corrected chi connectivity index (χ2v) is 11.4. The van der Waals surface area contributed by atoms with Crippen LogP contribution in [0.2, 0.25) is 5.15 Å². The van der Waals surface area contributed by atoms with Gasteiger partial charge in [-0.3, -0.25) is 19.2 Å². The van der Waals surface area contributed by atoms with Gasteiger partial charge in [0.05, 0.1) is 11.1 Å². The number of hydrogen-bond acceptors (Lipinski definition) is 6. The number of anilines is 1.